The second-order valence-corrected chi connectivity index (χ2v) is 5.35. The molecule has 0 aliphatic carbocycles. The van der Waals surface area contributed by atoms with Gasteiger partial charge in [-0.15, -0.1) is 0 Å². The summed E-state index contributed by atoms with van der Waals surface area (Å²) in [5.41, 5.74) is 0. The van der Waals surface area contributed by atoms with Crippen molar-refractivity contribution >= 4 is 22.1 Å². The number of hydrogen-bond acceptors (Lipinski definition) is 7. The molecule has 0 radical (unpaired) electrons. The van der Waals surface area contributed by atoms with E-state index in [-0.39, 0.29) is 6.61 Å². The van der Waals surface area contributed by atoms with Crippen LogP contribution in [0.25, 0.3) is 0 Å². The van der Waals surface area contributed by atoms with Gasteiger partial charge < -0.3 is 14.2 Å². The Morgan fingerprint density at radius 1 is 1.30 bits per heavy atom. The summed E-state index contributed by atoms with van der Waals surface area (Å²) in [6, 6.07) is 0. The van der Waals surface area contributed by atoms with Crippen LogP contribution in [0.4, 0.5) is 0 Å². The monoisotopic (exact) mass is 308 g/mol. The summed E-state index contributed by atoms with van der Waals surface area (Å²) >= 11 is 0. The van der Waals surface area contributed by atoms with Crippen LogP contribution in [-0.4, -0.2) is 45.4 Å². The topological polar surface area (TPSA) is 134 Å². The lowest BCUT2D eigenvalue weighted by molar-refractivity contribution is -0.163. The minimum atomic E-state index is -3.96. The highest BCUT2D eigenvalue weighted by Crippen LogP contribution is 2.16. The van der Waals surface area contributed by atoms with Crippen molar-refractivity contribution in [2.45, 2.75) is 32.3 Å². The Labute approximate surface area is 116 Å². The number of carbonyl (C=O) groups is 2. The maximum Gasteiger partial charge on any atom is 0.303 e. The molecule has 0 unspecified atom stereocenters. The third kappa shape index (κ3) is 6.10. The molecule has 0 bridgehead atoms. The zero-order valence-electron chi connectivity index (χ0n) is 10.9. The highest BCUT2D eigenvalue weighted by molar-refractivity contribution is 7.87. The largest absolute Gasteiger partial charge is 0.463 e. The first-order chi connectivity index (χ1) is 9.17. The van der Waals surface area contributed by atoms with Crippen molar-refractivity contribution in [2.75, 3.05) is 6.61 Å². The lowest BCUT2D eigenvalue weighted by atomic mass is 10.1. The molecule has 1 aliphatic heterocycles. The molecule has 1 aliphatic rings. The smallest absolute Gasteiger partial charge is 0.303 e. The molecule has 20 heavy (non-hydrogen) atoms. The van der Waals surface area contributed by atoms with E-state index in [4.69, 9.17) is 19.3 Å². The molecular formula is C10H16N2O7S. The zero-order chi connectivity index (χ0) is 15.3. The number of carbonyl (C=O) groups excluding carboxylic acids is 2. The highest BCUT2D eigenvalue weighted by atomic mass is 32.2. The predicted octanol–water partition coefficient (Wildman–Crippen LogP) is -1.44. The summed E-state index contributed by atoms with van der Waals surface area (Å²) in [5.74, 6) is -1.09. The van der Waals surface area contributed by atoms with Crippen molar-refractivity contribution < 1.29 is 32.2 Å². The second kappa shape index (κ2) is 6.79. The number of esters is 2. The summed E-state index contributed by atoms with van der Waals surface area (Å²) in [7, 11) is -3.96. The molecule has 0 aromatic heterocycles. The quantitative estimate of drug-likeness (QED) is 0.469. The second-order valence-electron chi connectivity index (χ2n) is 4.02. The van der Waals surface area contributed by atoms with Crippen LogP contribution in [0.2, 0.25) is 0 Å². The van der Waals surface area contributed by atoms with Crippen LogP contribution in [0.15, 0.2) is 12.2 Å². The summed E-state index contributed by atoms with van der Waals surface area (Å²) in [5, 5.41) is 4.83. The van der Waals surface area contributed by atoms with Gasteiger partial charge in [-0.2, -0.15) is 13.1 Å². The molecule has 9 nitrogen and oxygen atoms in total. The van der Waals surface area contributed by atoms with Crippen LogP contribution in [0.1, 0.15) is 13.8 Å². The summed E-state index contributed by atoms with van der Waals surface area (Å²) in [6.45, 7) is 2.23. The number of nitrogens with one attached hydrogen (secondary N) is 1. The van der Waals surface area contributed by atoms with Crippen LogP contribution < -0.4 is 9.86 Å². The van der Waals surface area contributed by atoms with Crippen LogP contribution in [-0.2, 0) is 34.0 Å². The van der Waals surface area contributed by atoms with E-state index < -0.39 is 40.6 Å². The maximum atomic E-state index is 11.0. The van der Waals surface area contributed by atoms with Gasteiger partial charge >= 0.3 is 11.9 Å². The fourth-order valence-corrected chi connectivity index (χ4v) is 1.97. The van der Waals surface area contributed by atoms with Gasteiger partial charge in [0.25, 0.3) is 10.2 Å². The zero-order valence-corrected chi connectivity index (χ0v) is 11.8. The van der Waals surface area contributed by atoms with Crippen molar-refractivity contribution in [1.29, 1.82) is 0 Å². The molecule has 0 aromatic rings. The molecule has 0 spiro atoms. The van der Waals surface area contributed by atoms with Gasteiger partial charge in [-0.25, -0.2) is 5.14 Å². The fourth-order valence-electron chi connectivity index (χ4n) is 1.51. The highest BCUT2D eigenvalue weighted by Gasteiger charge is 2.31. The first-order valence-electron chi connectivity index (χ1n) is 5.62. The van der Waals surface area contributed by atoms with E-state index in [9.17, 15) is 18.0 Å². The van der Waals surface area contributed by atoms with Crippen molar-refractivity contribution in [3.8, 4) is 0 Å². The molecule has 3 N–H and O–H groups in total. The summed E-state index contributed by atoms with van der Waals surface area (Å²) < 4.78 is 38.9. The molecule has 0 saturated heterocycles. The van der Waals surface area contributed by atoms with Crippen molar-refractivity contribution in [3.05, 3.63) is 12.2 Å². The minimum absolute atomic E-state index is 0.194. The lowest BCUT2D eigenvalue weighted by Crippen LogP contribution is -2.48. The molecule has 114 valence electrons. The summed E-state index contributed by atoms with van der Waals surface area (Å²) in [6.07, 6.45) is 0.110. The third-order valence-electron chi connectivity index (χ3n) is 2.20. The molecule has 3 atom stereocenters. The fraction of sp³-hybridized carbons (Fsp3) is 0.600. The third-order valence-corrected chi connectivity index (χ3v) is 2.76. The minimum Gasteiger partial charge on any atom is -0.463 e. The van der Waals surface area contributed by atoms with Crippen LogP contribution in [0.5, 0.6) is 0 Å². The van der Waals surface area contributed by atoms with Crippen LogP contribution >= 0.6 is 0 Å². The van der Waals surface area contributed by atoms with Gasteiger partial charge in [-0.3, -0.25) is 9.59 Å². The maximum absolute atomic E-state index is 11.0. The Balaban J connectivity index is 2.76. The van der Waals surface area contributed by atoms with Crippen LogP contribution in [0, 0.1) is 0 Å². The van der Waals surface area contributed by atoms with E-state index in [0.717, 1.165) is 0 Å². The SMILES string of the molecule is CC(=O)OC[C@H]1O[C@H](NS(N)(=O)=O)C=C[C@@H]1OC(C)=O. The van der Waals surface area contributed by atoms with E-state index >= 15 is 0 Å². The predicted molar refractivity (Wildman–Crippen MR) is 66.2 cm³/mol. The van der Waals surface area contributed by atoms with Gasteiger partial charge in [0.1, 0.15) is 25.0 Å². The number of ether oxygens (including phenoxy) is 3. The molecule has 0 fully saturated rings. The molecule has 0 amide bonds. The standard InChI is InChI=1S/C10H16N2O7S/c1-6(13)17-5-9-8(18-7(2)14)3-4-10(19-9)12-20(11,15)16/h3-4,8-10,12H,5H2,1-2H3,(H2,11,15,16)/t8-,9+,10-/m0/s1. The molecule has 0 aromatic carbocycles. The average molecular weight is 308 g/mol. The van der Waals surface area contributed by atoms with E-state index in [1.807, 2.05) is 4.72 Å². The number of nitrogens with two attached hydrogens (primary N) is 1. The average Bonchev–Trinajstić information content (AvgIpc) is 2.26. The van der Waals surface area contributed by atoms with Crippen molar-refractivity contribution in [3.63, 3.8) is 0 Å². The lowest BCUT2D eigenvalue weighted by Gasteiger charge is -2.31. The van der Waals surface area contributed by atoms with Gasteiger partial charge in [0.2, 0.25) is 0 Å². The molecular weight excluding hydrogens is 292 g/mol. The first-order valence-corrected chi connectivity index (χ1v) is 7.16. The molecule has 10 heteroatoms. The molecule has 1 heterocycles. The van der Waals surface area contributed by atoms with Gasteiger partial charge in [-0.1, -0.05) is 0 Å². The first kappa shape index (κ1) is 16.6. The van der Waals surface area contributed by atoms with Gasteiger partial charge in [-0.05, 0) is 12.2 Å². The normalized spacial score (nSPS) is 26.1. The Morgan fingerprint density at radius 2 is 1.95 bits per heavy atom. The van der Waals surface area contributed by atoms with Crippen LogP contribution in [0.3, 0.4) is 0 Å². The Kier molecular flexibility index (Phi) is 5.62. The Morgan fingerprint density at radius 3 is 2.45 bits per heavy atom. The number of hydrogen-bond donors (Lipinski definition) is 2. The Bertz CT molecular complexity index is 502. The summed E-state index contributed by atoms with van der Waals surface area (Å²) in [4.78, 5) is 21.7. The van der Waals surface area contributed by atoms with E-state index in [1.54, 1.807) is 0 Å². The van der Waals surface area contributed by atoms with E-state index in [2.05, 4.69) is 0 Å². The van der Waals surface area contributed by atoms with Gasteiger partial charge in [0.05, 0.1) is 0 Å². The molecule has 1 rings (SSSR count). The van der Waals surface area contributed by atoms with Crippen molar-refractivity contribution in [1.82, 2.24) is 4.72 Å². The van der Waals surface area contributed by atoms with Gasteiger partial charge in [0.15, 0.2) is 0 Å². The molecule has 0 saturated carbocycles. The van der Waals surface area contributed by atoms with E-state index in [1.165, 1.54) is 26.0 Å². The van der Waals surface area contributed by atoms with Crippen molar-refractivity contribution in [2.24, 2.45) is 5.14 Å². The Hall–Kier alpha value is -1.49. The number of rotatable bonds is 5. The van der Waals surface area contributed by atoms with E-state index in [0.29, 0.717) is 0 Å². The van der Waals surface area contributed by atoms with Gasteiger partial charge in [0, 0.05) is 13.8 Å².